The molecule has 5 nitrogen and oxygen atoms in total. The van der Waals surface area contributed by atoms with Crippen molar-refractivity contribution in [2.24, 2.45) is 0 Å². The van der Waals surface area contributed by atoms with Crippen LogP contribution in [0.25, 0.3) is 0 Å². The first-order chi connectivity index (χ1) is 10.3. The lowest BCUT2D eigenvalue weighted by atomic mass is 10.0. The molecule has 0 aromatic heterocycles. The lowest BCUT2D eigenvalue weighted by Gasteiger charge is -2.28. The molecule has 1 fully saturated rings. The fraction of sp³-hybridized carbons (Fsp3) is 0.533. The molecule has 1 aromatic carbocycles. The number of amides is 1. The Bertz CT molecular complexity index is 610. The van der Waals surface area contributed by atoms with E-state index in [-0.39, 0.29) is 12.3 Å². The Morgan fingerprint density at radius 2 is 1.82 bits per heavy atom. The average molecular weight is 345 g/mol. The second kappa shape index (κ2) is 7.44. The first-order valence-corrected chi connectivity index (χ1v) is 9.62. The van der Waals surface area contributed by atoms with Crippen molar-refractivity contribution in [3.05, 3.63) is 34.9 Å². The zero-order valence-corrected chi connectivity index (χ0v) is 14.2. The number of nitrogens with one attached hydrogen (secondary N) is 1. The average Bonchev–Trinajstić information content (AvgIpc) is 2.47. The summed E-state index contributed by atoms with van der Waals surface area (Å²) in [6.07, 6.45) is 4.38. The number of nitrogens with zero attached hydrogens (tertiary/aromatic N) is 1. The molecule has 0 aliphatic carbocycles. The zero-order chi connectivity index (χ0) is 16.2. The van der Waals surface area contributed by atoms with Crippen LogP contribution in [0.1, 0.15) is 37.3 Å². The van der Waals surface area contributed by atoms with Gasteiger partial charge in [0.15, 0.2) is 0 Å². The molecule has 0 radical (unpaired) electrons. The van der Waals surface area contributed by atoms with Crippen LogP contribution in [-0.2, 0) is 14.8 Å². The van der Waals surface area contributed by atoms with Gasteiger partial charge in [0, 0.05) is 24.5 Å². The molecule has 7 heteroatoms. The van der Waals surface area contributed by atoms with E-state index in [2.05, 4.69) is 4.72 Å². The first kappa shape index (κ1) is 17.2. The summed E-state index contributed by atoms with van der Waals surface area (Å²) in [5.74, 6) is -0.0178. The Kier molecular flexibility index (Phi) is 5.83. The third-order valence-corrected chi connectivity index (χ3v) is 4.68. The smallest absolute Gasteiger partial charge is 0.224 e. The molecule has 0 spiro atoms. The highest BCUT2D eigenvalue weighted by atomic mass is 35.5. The summed E-state index contributed by atoms with van der Waals surface area (Å²) < 4.78 is 25.7. The van der Waals surface area contributed by atoms with Gasteiger partial charge in [-0.15, -0.1) is 0 Å². The maximum absolute atomic E-state index is 12.4. The van der Waals surface area contributed by atoms with Crippen molar-refractivity contribution in [3.8, 4) is 0 Å². The summed E-state index contributed by atoms with van der Waals surface area (Å²) in [6.45, 7) is 1.51. The minimum atomic E-state index is -3.41. The Labute approximate surface area is 136 Å². The lowest BCUT2D eigenvalue weighted by Crippen LogP contribution is -2.38. The van der Waals surface area contributed by atoms with Crippen molar-refractivity contribution in [1.29, 1.82) is 0 Å². The molecular weight excluding hydrogens is 324 g/mol. The third-order valence-electron chi connectivity index (χ3n) is 3.72. The standard InChI is InChI=1S/C15H21ClN2O3S/c1-22(20,21)17-14(12-5-7-13(16)8-6-12)11-15(19)18-9-3-2-4-10-18/h5-8,14,17H,2-4,9-11H2,1H3/t14-/m0/s1. The van der Waals surface area contributed by atoms with Gasteiger partial charge < -0.3 is 4.90 Å². The van der Waals surface area contributed by atoms with Crippen LogP contribution in [0.2, 0.25) is 5.02 Å². The molecule has 1 aromatic rings. The van der Waals surface area contributed by atoms with Crippen LogP contribution in [-0.4, -0.2) is 38.6 Å². The van der Waals surface area contributed by atoms with E-state index in [9.17, 15) is 13.2 Å². The van der Waals surface area contributed by atoms with Gasteiger partial charge in [-0.2, -0.15) is 0 Å². The molecular formula is C15H21ClN2O3S. The van der Waals surface area contributed by atoms with Gasteiger partial charge in [0.05, 0.1) is 12.3 Å². The van der Waals surface area contributed by atoms with E-state index < -0.39 is 16.1 Å². The number of carbonyl (C=O) groups excluding carboxylic acids is 1. The molecule has 1 amide bonds. The summed E-state index contributed by atoms with van der Waals surface area (Å²) >= 11 is 5.86. The van der Waals surface area contributed by atoms with E-state index in [1.165, 1.54) is 0 Å². The number of sulfonamides is 1. The molecule has 122 valence electrons. The Hall–Kier alpha value is -1.11. The maximum Gasteiger partial charge on any atom is 0.224 e. The van der Waals surface area contributed by atoms with E-state index in [1.807, 2.05) is 4.90 Å². The molecule has 1 aliphatic rings. The van der Waals surface area contributed by atoms with Crippen LogP contribution in [0.15, 0.2) is 24.3 Å². The van der Waals surface area contributed by atoms with Crippen LogP contribution < -0.4 is 4.72 Å². The van der Waals surface area contributed by atoms with Gasteiger partial charge in [0.1, 0.15) is 0 Å². The van der Waals surface area contributed by atoms with Gasteiger partial charge >= 0.3 is 0 Å². The SMILES string of the molecule is CS(=O)(=O)N[C@@H](CC(=O)N1CCCCC1)c1ccc(Cl)cc1. The quantitative estimate of drug-likeness (QED) is 0.891. The Morgan fingerprint density at radius 1 is 1.23 bits per heavy atom. The van der Waals surface area contributed by atoms with Crippen LogP contribution in [0, 0.1) is 0 Å². The van der Waals surface area contributed by atoms with E-state index in [1.54, 1.807) is 24.3 Å². The number of benzene rings is 1. The number of hydrogen-bond donors (Lipinski definition) is 1. The highest BCUT2D eigenvalue weighted by Crippen LogP contribution is 2.22. The number of hydrogen-bond acceptors (Lipinski definition) is 3. The van der Waals surface area contributed by atoms with Crippen LogP contribution >= 0.6 is 11.6 Å². The molecule has 1 saturated heterocycles. The van der Waals surface area contributed by atoms with Crippen LogP contribution in [0.5, 0.6) is 0 Å². The Morgan fingerprint density at radius 3 is 2.36 bits per heavy atom. The van der Waals surface area contributed by atoms with Gasteiger partial charge in [-0.05, 0) is 37.0 Å². The highest BCUT2D eigenvalue weighted by Gasteiger charge is 2.24. The number of likely N-dealkylation sites (tertiary alicyclic amines) is 1. The number of carbonyl (C=O) groups is 1. The van der Waals surface area contributed by atoms with E-state index >= 15 is 0 Å². The molecule has 1 heterocycles. The predicted molar refractivity (Wildman–Crippen MR) is 87.2 cm³/mol. The van der Waals surface area contributed by atoms with Crippen molar-refractivity contribution >= 4 is 27.5 Å². The maximum atomic E-state index is 12.4. The summed E-state index contributed by atoms with van der Waals surface area (Å²) in [4.78, 5) is 14.2. The molecule has 22 heavy (non-hydrogen) atoms. The minimum Gasteiger partial charge on any atom is -0.343 e. The molecule has 1 N–H and O–H groups in total. The van der Waals surface area contributed by atoms with Crippen molar-refractivity contribution in [2.45, 2.75) is 31.7 Å². The Balaban J connectivity index is 2.13. The number of piperidine rings is 1. The first-order valence-electron chi connectivity index (χ1n) is 7.36. The summed E-state index contributed by atoms with van der Waals surface area (Å²) in [6, 6.07) is 6.31. The molecule has 0 bridgehead atoms. The predicted octanol–water partition coefficient (Wildman–Crippen LogP) is 2.33. The van der Waals surface area contributed by atoms with Gasteiger partial charge in [-0.1, -0.05) is 23.7 Å². The molecule has 2 rings (SSSR count). The highest BCUT2D eigenvalue weighted by molar-refractivity contribution is 7.88. The molecule has 0 unspecified atom stereocenters. The topological polar surface area (TPSA) is 66.5 Å². The van der Waals surface area contributed by atoms with Crippen LogP contribution in [0.3, 0.4) is 0 Å². The van der Waals surface area contributed by atoms with Crippen molar-refractivity contribution in [1.82, 2.24) is 9.62 Å². The van der Waals surface area contributed by atoms with Gasteiger partial charge in [-0.25, -0.2) is 13.1 Å². The fourth-order valence-corrected chi connectivity index (χ4v) is 3.49. The summed E-state index contributed by atoms with van der Waals surface area (Å²) in [5.41, 5.74) is 0.736. The second-order valence-electron chi connectivity index (χ2n) is 5.64. The van der Waals surface area contributed by atoms with Crippen molar-refractivity contribution in [3.63, 3.8) is 0 Å². The van der Waals surface area contributed by atoms with Crippen molar-refractivity contribution in [2.75, 3.05) is 19.3 Å². The van der Waals surface area contributed by atoms with Crippen molar-refractivity contribution < 1.29 is 13.2 Å². The van der Waals surface area contributed by atoms with E-state index in [4.69, 9.17) is 11.6 Å². The second-order valence-corrected chi connectivity index (χ2v) is 7.86. The molecule has 1 atom stereocenters. The number of halogens is 1. The third kappa shape index (κ3) is 5.26. The zero-order valence-electron chi connectivity index (χ0n) is 12.6. The van der Waals surface area contributed by atoms with Gasteiger partial charge in [-0.3, -0.25) is 4.79 Å². The summed E-state index contributed by atoms with van der Waals surface area (Å²) in [5, 5.41) is 0.573. The van der Waals surface area contributed by atoms with Crippen LogP contribution in [0.4, 0.5) is 0 Å². The van der Waals surface area contributed by atoms with Gasteiger partial charge in [0.25, 0.3) is 0 Å². The minimum absolute atomic E-state index is 0.0178. The monoisotopic (exact) mass is 344 g/mol. The molecule has 0 saturated carbocycles. The van der Waals surface area contributed by atoms with E-state index in [0.29, 0.717) is 5.02 Å². The number of rotatable bonds is 5. The van der Waals surface area contributed by atoms with E-state index in [0.717, 1.165) is 44.2 Å². The normalized spacial score (nSPS) is 17.3. The fourth-order valence-electron chi connectivity index (χ4n) is 2.63. The largest absolute Gasteiger partial charge is 0.343 e. The van der Waals surface area contributed by atoms with Gasteiger partial charge in [0.2, 0.25) is 15.9 Å². The lowest BCUT2D eigenvalue weighted by molar-refractivity contribution is -0.132. The summed E-state index contributed by atoms with van der Waals surface area (Å²) in [7, 11) is -3.41. The molecule has 1 aliphatic heterocycles.